The first-order valence-corrected chi connectivity index (χ1v) is 6.66. The first-order valence-electron chi connectivity index (χ1n) is 6.66. The number of phenolic OH excluding ortho intramolecular Hbond substituents is 1. The maximum atomic E-state index is 12.3. The van der Waals surface area contributed by atoms with Gasteiger partial charge in [-0.25, -0.2) is 0 Å². The molecule has 2 rings (SSSR count). The minimum absolute atomic E-state index is 0.0317. The lowest BCUT2D eigenvalue weighted by atomic mass is 9.83. The Labute approximate surface area is 114 Å². The van der Waals surface area contributed by atoms with Crippen molar-refractivity contribution in [1.29, 1.82) is 0 Å². The highest BCUT2D eigenvalue weighted by Crippen LogP contribution is 2.30. The number of hydrogen-bond acceptors (Lipinski definition) is 2. The Morgan fingerprint density at radius 3 is 2.32 bits per heavy atom. The van der Waals surface area contributed by atoms with Gasteiger partial charge in [0.2, 0.25) is 0 Å². The Morgan fingerprint density at radius 1 is 1.21 bits per heavy atom. The summed E-state index contributed by atoms with van der Waals surface area (Å²) in [6.07, 6.45) is 3.11. The number of carbonyl (C=O) groups excluding carboxylic acids is 1. The standard InChI is InChI=1S/C16H21NO2/c1-16(2,3)13-8-10-17(11-9-13)15(19)12-4-6-14(18)7-5-12/h4-8,18H,9-11H2,1-3H3. The van der Waals surface area contributed by atoms with Gasteiger partial charge in [-0.3, -0.25) is 4.79 Å². The van der Waals surface area contributed by atoms with Gasteiger partial charge in [-0.05, 0) is 36.1 Å². The van der Waals surface area contributed by atoms with Gasteiger partial charge < -0.3 is 10.0 Å². The van der Waals surface area contributed by atoms with Crippen LogP contribution in [0.4, 0.5) is 0 Å². The lowest BCUT2D eigenvalue weighted by Crippen LogP contribution is -2.36. The van der Waals surface area contributed by atoms with Crippen molar-refractivity contribution in [3.63, 3.8) is 0 Å². The SMILES string of the molecule is CC(C)(C)C1=CCN(C(=O)c2ccc(O)cc2)CC1. The van der Waals surface area contributed by atoms with Crippen molar-refractivity contribution in [3.05, 3.63) is 41.5 Å². The van der Waals surface area contributed by atoms with E-state index in [0.717, 1.165) is 13.0 Å². The van der Waals surface area contributed by atoms with E-state index < -0.39 is 0 Å². The Hall–Kier alpha value is -1.77. The second-order valence-corrected chi connectivity index (χ2v) is 6.03. The van der Waals surface area contributed by atoms with Crippen molar-refractivity contribution < 1.29 is 9.90 Å². The molecule has 1 aliphatic heterocycles. The summed E-state index contributed by atoms with van der Waals surface area (Å²) in [5.41, 5.74) is 2.24. The second-order valence-electron chi connectivity index (χ2n) is 6.03. The van der Waals surface area contributed by atoms with Crippen molar-refractivity contribution in [2.75, 3.05) is 13.1 Å². The van der Waals surface area contributed by atoms with Gasteiger partial charge in [-0.2, -0.15) is 0 Å². The van der Waals surface area contributed by atoms with Crippen LogP contribution in [0.15, 0.2) is 35.9 Å². The molecule has 1 aromatic carbocycles. The molecule has 1 aromatic rings. The summed E-state index contributed by atoms with van der Waals surface area (Å²) in [5.74, 6) is 0.217. The third kappa shape index (κ3) is 3.16. The van der Waals surface area contributed by atoms with E-state index in [1.807, 2.05) is 4.90 Å². The van der Waals surface area contributed by atoms with Gasteiger partial charge in [0.05, 0.1) is 0 Å². The average Bonchev–Trinajstić information content (AvgIpc) is 2.38. The fraction of sp³-hybridized carbons (Fsp3) is 0.438. The van der Waals surface area contributed by atoms with E-state index in [4.69, 9.17) is 0 Å². The van der Waals surface area contributed by atoms with E-state index in [9.17, 15) is 9.90 Å². The molecule has 0 aliphatic carbocycles. The molecule has 0 aromatic heterocycles. The molecular weight excluding hydrogens is 238 g/mol. The molecule has 0 saturated carbocycles. The lowest BCUT2D eigenvalue weighted by molar-refractivity contribution is 0.0765. The Bertz CT molecular complexity index is 494. The van der Waals surface area contributed by atoms with E-state index in [1.54, 1.807) is 24.3 Å². The Balaban J connectivity index is 2.07. The molecule has 0 saturated heterocycles. The zero-order valence-electron chi connectivity index (χ0n) is 11.8. The topological polar surface area (TPSA) is 40.5 Å². The summed E-state index contributed by atoms with van der Waals surface area (Å²) in [6.45, 7) is 8.05. The first-order chi connectivity index (χ1) is 8.88. The fourth-order valence-electron chi connectivity index (χ4n) is 2.32. The molecule has 1 aliphatic rings. The van der Waals surface area contributed by atoms with Crippen LogP contribution in [-0.4, -0.2) is 29.0 Å². The van der Waals surface area contributed by atoms with Gasteiger partial charge in [0.25, 0.3) is 5.91 Å². The van der Waals surface area contributed by atoms with E-state index in [1.165, 1.54) is 5.57 Å². The van der Waals surface area contributed by atoms with Gasteiger partial charge in [-0.1, -0.05) is 32.4 Å². The number of aromatic hydroxyl groups is 1. The molecule has 19 heavy (non-hydrogen) atoms. The summed E-state index contributed by atoms with van der Waals surface area (Å²) in [6, 6.07) is 6.43. The van der Waals surface area contributed by atoms with Gasteiger partial charge in [0.1, 0.15) is 5.75 Å². The number of rotatable bonds is 1. The molecule has 0 fully saturated rings. The zero-order chi connectivity index (χ0) is 14.0. The molecule has 1 amide bonds. The first kappa shape index (κ1) is 13.7. The number of carbonyl (C=O) groups is 1. The van der Waals surface area contributed by atoms with E-state index in [0.29, 0.717) is 12.1 Å². The van der Waals surface area contributed by atoms with Crippen molar-refractivity contribution in [2.45, 2.75) is 27.2 Å². The smallest absolute Gasteiger partial charge is 0.254 e. The highest BCUT2D eigenvalue weighted by atomic mass is 16.3. The van der Waals surface area contributed by atoms with Crippen LogP contribution >= 0.6 is 0 Å². The van der Waals surface area contributed by atoms with Crippen molar-refractivity contribution in [3.8, 4) is 5.75 Å². The van der Waals surface area contributed by atoms with E-state index in [-0.39, 0.29) is 17.1 Å². The van der Waals surface area contributed by atoms with Gasteiger partial charge in [0.15, 0.2) is 0 Å². The van der Waals surface area contributed by atoms with Crippen molar-refractivity contribution >= 4 is 5.91 Å². The molecule has 102 valence electrons. The Kier molecular flexibility index (Phi) is 3.65. The zero-order valence-corrected chi connectivity index (χ0v) is 11.8. The number of benzene rings is 1. The molecule has 1 N–H and O–H groups in total. The summed E-state index contributed by atoms with van der Waals surface area (Å²) in [4.78, 5) is 14.1. The molecule has 3 heteroatoms. The second kappa shape index (κ2) is 5.08. The summed E-state index contributed by atoms with van der Waals surface area (Å²) >= 11 is 0. The molecule has 0 spiro atoms. The van der Waals surface area contributed by atoms with Gasteiger partial charge >= 0.3 is 0 Å². The fourth-order valence-corrected chi connectivity index (χ4v) is 2.32. The van der Waals surface area contributed by atoms with Gasteiger partial charge in [0, 0.05) is 18.7 Å². The van der Waals surface area contributed by atoms with Crippen LogP contribution in [-0.2, 0) is 0 Å². The van der Waals surface area contributed by atoms with Crippen LogP contribution in [0.1, 0.15) is 37.6 Å². The van der Waals surface area contributed by atoms with Crippen LogP contribution in [0, 0.1) is 5.41 Å². The molecule has 0 unspecified atom stereocenters. The number of phenols is 1. The van der Waals surface area contributed by atoms with Crippen LogP contribution in [0.25, 0.3) is 0 Å². The van der Waals surface area contributed by atoms with Crippen LogP contribution in [0.3, 0.4) is 0 Å². The summed E-state index contributed by atoms with van der Waals surface area (Å²) in [5, 5.41) is 9.24. The average molecular weight is 259 g/mol. The predicted octanol–water partition coefficient (Wildman–Crippen LogP) is 3.21. The number of hydrogen-bond donors (Lipinski definition) is 1. The molecule has 1 heterocycles. The van der Waals surface area contributed by atoms with Crippen molar-refractivity contribution in [1.82, 2.24) is 4.90 Å². The quantitative estimate of drug-likeness (QED) is 0.787. The number of nitrogens with zero attached hydrogens (tertiary/aromatic N) is 1. The normalized spacial score (nSPS) is 16.2. The highest BCUT2D eigenvalue weighted by molar-refractivity contribution is 5.94. The monoisotopic (exact) mass is 259 g/mol. The third-order valence-corrected chi connectivity index (χ3v) is 3.57. The number of amides is 1. The highest BCUT2D eigenvalue weighted by Gasteiger charge is 2.24. The maximum absolute atomic E-state index is 12.3. The Morgan fingerprint density at radius 2 is 1.84 bits per heavy atom. The minimum atomic E-state index is 0.0317. The molecule has 0 atom stereocenters. The van der Waals surface area contributed by atoms with Crippen LogP contribution < -0.4 is 0 Å². The minimum Gasteiger partial charge on any atom is -0.508 e. The van der Waals surface area contributed by atoms with E-state index in [2.05, 4.69) is 26.8 Å². The summed E-state index contributed by atoms with van der Waals surface area (Å²) < 4.78 is 0. The molecule has 0 radical (unpaired) electrons. The van der Waals surface area contributed by atoms with Crippen LogP contribution in [0.5, 0.6) is 5.75 Å². The lowest BCUT2D eigenvalue weighted by Gasteiger charge is -2.32. The predicted molar refractivity (Wildman–Crippen MR) is 76.2 cm³/mol. The summed E-state index contributed by atoms with van der Waals surface area (Å²) in [7, 11) is 0. The van der Waals surface area contributed by atoms with Crippen molar-refractivity contribution in [2.24, 2.45) is 5.41 Å². The maximum Gasteiger partial charge on any atom is 0.254 e. The molecule has 3 nitrogen and oxygen atoms in total. The molecular formula is C16H21NO2. The van der Waals surface area contributed by atoms with Gasteiger partial charge in [-0.15, -0.1) is 0 Å². The van der Waals surface area contributed by atoms with Crippen LogP contribution in [0.2, 0.25) is 0 Å². The third-order valence-electron chi connectivity index (χ3n) is 3.57. The molecule has 0 bridgehead atoms. The largest absolute Gasteiger partial charge is 0.508 e. The van der Waals surface area contributed by atoms with E-state index >= 15 is 0 Å².